The van der Waals surface area contributed by atoms with Gasteiger partial charge in [-0.05, 0) is 48.8 Å². The van der Waals surface area contributed by atoms with Crippen molar-refractivity contribution < 1.29 is 22.7 Å². The molecule has 1 rings (SSSR count). The van der Waals surface area contributed by atoms with Gasteiger partial charge < -0.3 is 4.74 Å². The average Bonchev–Trinajstić information content (AvgIpc) is 2.56. The van der Waals surface area contributed by atoms with Crippen LogP contribution in [0.4, 0.5) is 13.2 Å². The molecule has 0 radical (unpaired) electrons. The first kappa shape index (κ1) is 22.8. The van der Waals surface area contributed by atoms with Crippen molar-refractivity contribution in [2.75, 3.05) is 6.61 Å². The van der Waals surface area contributed by atoms with Gasteiger partial charge in [-0.25, -0.2) is 0 Å². The highest BCUT2D eigenvalue weighted by Crippen LogP contribution is 2.25. The molecule has 0 aromatic heterocycles. The lowest BCUT2D eigenvalue weighted by Crippen LogP contribution is -2.19. The Kier molecular flexibility index (Phi) is 9.15. The zero-order valence-electron chi connectivity index (χ0n) is 15.9. The maximum Gasteiger partial charge on any atom is 0.389 e. The molecule has 8 heteroatoms. The summed E-state index contributed by atoms with van der Waals surface area (Å²) in [5.74, 6) is -0.339. The van der Waals surface area contributed by atoms with Crippen molar-refractivity contribution in [3.05, 3.63) is 45.8 Å². The summed E-state index contributed by atoms with van der Waals surface area (Å²) in [4.78, 5) is 14.6. The highest BCUT2D eigenvalue weighted by Gasteiger charge is 2.31. The molecule has 0 bridgehead atoms. The topological polar surface area (TPSA) is 75.1 Å². The Bertz CT molecular complexity index is 639. The average molecular weight is 385 g/mol. The number of rotatable bonds is 10. The number of nitrogens with zero attached hydrogens (tertiary/aromatic N) is 3. The van der Waals surface area contributed by atoms with E-state index in [2.05, 4.69) is 23.9 Å². The van der Waals surface area contributed by atoms with Crippen LogP contribution < -0.4 is 0 Å². The summed E-state index contributed by atoms with van der Waals surface area (Å²) in [5.41, 5.74) is 10.4. The van der Waals surface area contributed by atoms with Gasteiger partial charge in [-0.2, -0.15) is 13.2 Å². The summed E-state index contributed by atoms with van der Waals surface area (Å²) in [5, 5.41) is 3.16. The minimum absolute atomic E-state index is 0.00906. The Hall–Kier alpha value is -2.21. The van der Waals surface area contributed by atoms with Gasteiger partial charge in [-0.1, -0.05) is 43.2 Å². The Morgan fingerprint density at radius 2 is 1.85 bits per heavy atom. The van der Waals surface area contributed by atoms with Crippen LogP contribution in [0, 0.1) is 5.92 Å². The van der Waals surface area contributed by atoms with Crippen molar-refractivity contribution in [1.29, 1.82) is 0 Å². The van der Waals surface area contributed by atoms with E-state index in [4.69, 9.17) is 10.3 Å². The maximum atomic E-state index is 12.4. The first-order valence-corrected chi connectivity index (χ1v) is 8.98. The number of azide groups is 1. The summed E-state index contributed by atoms with van der Waals surface area (Å²) >= 11 is 0. The Morgan fingerprint density at radius 3 is 2.37 bits per heavy atom. The third kappa shape index (κ3) is 9.33. The van der Waals surface area contributed by atoms with E-state index >= 15 is 0 Å². The molecule has 0 saturated carbocycles. The standard InChI is InChI=1S/C19H26F3N3O2/c1-13(2)11-15-6-8-16(9-7-15)14(3)18(26)27-10-4-5-17(24-25-23)12-19(20,21)22/h6-9,13-14,17H,4-5,10-12H2,1-3H3. The molecule has 0 fully saturated rings. The second-order valence-corrected chi connectivity index (χ2v) is 7.05. The van der Waals surface area contributed by atoms with Gasteiger partial charge in [0.05, 0.1) is 18.9 Å². The SMILES string of the molecule is CC(C)Cc1ccc(C(C)C(=O)OCCCC(CC(F)(F)F)N=[N+]=[N-])cc1. The maximum absolute atomic E-state index is 12.4. The number of carbonyl (C=O) groups excluding carboxylic acids is 1. The smallest absolute Gasteiger partial charge is 0.389 e. The second-order valence-electron chi connectivity index (χ2n) is 7.05. The van der Waals surface area contributed by atoms with E-state index in [1.165, 1.54) is 5.56 Å². The van der Waals surface area contributed by atoms with E-state index in [0.717, 1.165) is 12.0 Å². The number of benzene rings is 1. The van der Waals surface area contributed by atoms with E-state index in [1.807, 2.05) is 24.3 Å². The number of halogens is 3. The van der Waals surface area contributed by atoms with Crippen molar-refractivity contribution in [3.63, 3.8) is 0 Å². The van der Waals surface area contributed by atoms with E-state index < -0.39 is 30.5 Å². The Labute approximate surface area is 157 Å². The lowest BCUT2D eigenvalue weighted by atomic mass is 9.97. The van der Waals surface area contributed by atoms with Gasteiger partial charge in [0.2, 0.25) is 0 Å². The zero-order chi connectivity index (χ0) is 20.4. The van der Waals surface area contributed by atoms with Crippen LogP contribution in [0.25, 0.3) is 10.4 Å². The molecular weight excluding hydrogens is 359 g/mol. The molecule has 0 N–H and O–H groups in total. The molecule has 27 heavy (non-hydrogen) atoms. The van der Waals surface area contributed by atoms with Crippen LogP contribution >= 0.6 is 0 Å². The van der Waals surface area contributed by atoms with E-state index in [1.54, 1.807) is 6.92 Å². The van der Waals surface area contributed by atoms with E-state index in [9.17, 15) is 18.0 Å². The second kappa shape index (κ2) is 10.8. The van der Waals surface area contributed by atoms with Gasteiger partial charge >= 0.3 is 12.1 Å². The number of carbonyl (C=O) groups is 1. The normalized spacial score (nSPS) is 13.7. The fraction of sp³-hybridized carbons (Fsp3) is 0.632. The number of hydrogen-bond acceptors (Lipinski definition) is 3. The first-order chi connectivity index (χ1) is 12.6. The zero-order valence-corrected chi connectivity index (χ0v) is 15.9. The minimum Gasteiger partial charge on any atom is -0.465 e. The van der Waals surface area contributed by atoms with Crippen molar-refractivity contribution >= 4 is 5.97 Å². The lowest BCUT2D eigenvalue weighted by molar-refractivity contribution is -0.146. The van der Waals surface area contributed by atoms with Crippen LogP contribution in [0.1, 0.15) is 57.1 Å². The molecule has 0 aliphatic heterocycles. The van der Waals surface area contributed by atoms with Gasteiger partial charge in [-0.3, -0.25) is 4.79 Å². The highest BCUT2D eigenvalue weighted by molar-refractivity contribution is 5.77. The predicted molar refractivity (Wildman–Crippen MR) is 97.2 cm³/mol. The van der Waals surface area contributed by atoms with Crippen molar-refractivity contribution in [2.24, 2.45) is 11.0 Å². The Balaban J connectivity index is 2.45. The predicted octanol–water partition coefficient (Wildman–Crippen LogP) is 5.94. The van der Waals surface area contributed by atoms with Gasteiger partial charge in [-0.15, -0.1) is 0 Å². The van der Waals surface area contributed by atoms with Crippen molar-refractivity contribution in [3.8, 4) is 0 Å². The Morgan fingerprint density at radius 1 is 1.22 bits per heavy atom. The van der Waals surface area contributed by atoms with Gasteiger partial charge in [0.15, 0.2) is 0 Å². The van der Waals surface area contributed by atoms with E-state index in [0.29, 0.717) is 5.92 Å². The molecule has 0 spiro atoms. The lowest BCUT2D eigenvalue weighted by Gasteiger charge is -2.15. The molecule has 0 saturated heterocycles. The van der Waals surface area contributed by atoms with Crippen LogP contribution in [0.5, 0.6) is 0 Å². The fourth-order valence-electron chi connectivity index (χ4n) is 2.71. The monoisotopic (exact) mass is 385 g/mol. The summed E-state index contributed by atoms with van der Waals surface area (Å²) in [6.07, 6.45) is -4.40. The molecule has 1 aromatic carbocycles. The molecule has 1 aromatic rings. The summed E-state index contributed by atoms with van der Waals surface area (Å²) in [6, 6.07) is 6.58. The number of esters is 1. The molecule has 0 amide bonds. The fourth-order valence-corrected chi connectivity index (χ4v) is 2.71. The number of hydrogen-bond donors (Lipinski definition) is 0. The molecule has 2 unspecified atom stereocenters. The van der Waals surface area contributed by atoms with Crippen LogP contribution in [0.15, 0.2) is 29.4 Å². The van der Waals surface area contributed by atoms with Crippen LogP contribution in [-0.2, 0) is 16.0 Å². The minimum atomic E-state index is -4.40. The third-order valence-corrected chi connectivity index (χ3v) is 4.09. The van der Waals surface area contributed by atoms with Crippen LogP contribution in [-0.4, -0.2) is 24.8 Å². The highest BCUT2D eigenvalue weighted by atomic mass is 19.4. The van der Waals surface area contributed by atoms with E-state index in [-0.39, 0.29) is 19.4 Å². The van der Waals surface area contributed by atoms with Crippen LogP contribution in [0.2, 0.25) is 0 Å². The molecule has 0 aliphatic rings. The molecule has 150 valence electrons. The summed E-state index contributed by atoms with van der Waals surface area (Å²) in [6.45, 7) is 5.99. The first-order valence-electron chi connectivity index (χ1n) is 8.98. The molecule has 0 aliphatic carbocycles. The van der Waals surface area contributed by atoms with Gasteiger partial charge in [0.1, 0.15) is 0 Å². The number of alkyl halides is 3. The summed E-state index contributed by atoms with van der Waals surface area (Å²) < 4.78 is 42.3. The largest absolute Gasteiger partial charge is 0.465 e. The molecular formula is C19H26F3N3O2. The third-order valence-electron chi connectivity index (χ3n) is 4.09. The number of ether oxygens (including phenoxy) is 1. The molecule has 0 heterocycles. The van der Waals surface area contributed by atoms with Crippen molar-refractivity contribution in [2.45, 2.75) is 64.6 Å². The van der Waals surface area contributed by atoms with Gasteiger partial charge in [0, 0.05) is 11.0 Å². The summed E-state index contributed by atoms with van der Waals surface area (Å²) in [7, 11) is 0. The molecule has 2 atom stereocenters. The molecule has 5 nitrogen and oxygen atoms in total. The van der Waals surface area contributed by atoms with Gasteiger partial charge in [0.25, 0.3) is 0 Å². The van der Waals surface area contributed by atoms with Crippen LogP contribution in [0.3, 0.4) is 0 Å². The van der Waals surface area contributed by atoms with Crippen molar-refractivity contribution in [1.82, 2.24) is 0 Å². The quantitative estimate of drug-likeness (QED) is 0.164.